The number of benzene rings is 1. The maximum atomic E-state index is 13.3. The van der Waals surface area contributed by atoms with Crippen molar-refractivity contribution in [2.75, 3.05) is 6.54 Å². The molecule has 1 aromatic carbocycles. The number of nitrogens with zero attached hydrogens (tertiary/aromatic N) is 3. The zero-order chi connectivity index (χ0) is 20.8. The Morgan fingerprint density at radius 1 is 1.21 bits per heavy atom. The largest absolute Gasteiger partial charge is 0.291 e. The topological polar surface area (TPSA) is 72.3 Å². The molecule has 0 saturated heterocycles. The molecular formula is C19H17Cl2N3O3S2. The Hall–Kier alpha value is -1.71. The summed E-state index contributed by atoms with van der Waals surface area (Å²) in [6.07, 6.45) is 2.68. The predicted molar refractivity (Wildman–Crippen MR) is 115 cm³/mol. The lowest BCUT2D eigenvalue weighted by Gasteiger charge is -2.34. The van der Waals surface area contributed by atoms with Gasteiger partial charge in [-0.2, -0.15) is 14.1 Å². The molecule has 0 saturated carbocycles. The SMILES string of the molecule is CCC1c2ccsc2CCN1S(=O)(=O)c1ccc(-n2ncc(Cl)c(Cl)c2=O)cc1. The van der Waals surface area contributed by atoms with Gasteiger partial charge in [-0.15, -0.1) is 11.3 Å². The lowest BCUT2D eigenvalue weighted by Crippen LogP contribution is -2.39. The van der Waals surface area contributed by atoms with Crippen LogP contribution < -0.4 is 5.56 Å². The van der Waals surface area contributed by atoms with Gasteiger partial charge in [-0.25, -0.2) is 8.42 Å². The van der Waals surface area contributed by atoms with Crippen LogP contribution in [0.2, 0.25) is 10.0 Å². The summed E-state index contributed by atoms with van der Waals surface area (Å²) in [5, 5.41) is 5.91. The van der Waals surface area contributed by atoms with Crippen LogP contribution in [0.4, 0.5) is 0 Å². The molecule has 1 unspecified atom stereocenters. The molecule has 0 spiro atoms. The Balaban J connectivity index is 1.69. The standard InChI is InChI=1S/C19H17Cl2N3O3S2/c1-2-16-14-8-10-28-17(14)7-9-23(16)29(26,27)13-5-3-12(4-6-13)24-19(25)18(21)15(20)11-22-24/h3-6,8,10-11,16H,2,7,9H2,1H3. The van der Waals surface area contributed by atoms with Gasteiger partial charge in [0.1, 0.15) is 5.02 Å². The van der Waals surface area contributed by atoms with Crippen LogP contribution in [0.3, 0.4) is 0 Å². The third kappa shape index (κ3) is 3.53. The molecule has 6 nitrogen and oxygen atoms in total. The second kappa shape index (κ2) is 7.85. The predicted octanol–water partition coefficient (Wildman–Crippen LogP) is 4.30. The van der Waals surface area contributed by atoms with E-state index in [1.165, 1.54) is 35.3 Å². The first-order valence-corrected chi connectivity index (χ1v) is 12.0. The molecule has 0 fully saturated rings. The van der Waals surface area contributed by atoms with Gasteiger partial charge in [-0.05, 0) is 54.1 Å². The summed E-state index contributed by atoms with van der Waals surface area (Å²) in [4.78, 5) is 13.7. The molecule has 0 aliphatic carbocycles. The normalized spacial score (nSPS) is 17.3. The van der Waals surface area contributed by atoms with Crippen molar-refractivity contribution >= 4 is 44.6 Å². The number of thiophene rings is 1. The number of hydrogen-bond donors (Lipinski definition) is 0. The number of halogens is 2. The highest BCUT2D eigenvalue weighted by Crippen LogP contribution is 2.38. The van der Waals surface area contributed by atoms with Crippen molar-refractivity contribution in [3.63, 3.8) is 0 Å². The van der Waals surface area contributed by atoms with Gasteiger partial charge >= 0.3 is 0 Å². The van der Waals surface area contributed by atoms with Gasteiger partial charge in [0, 0.05) is 11.4 Å². The number of fused-ring (bicyclic) bond motifs is 1. The number of rotatable bonds is 4. The molecule has 0 bridgehead atoms. The first-order chi connectivity index (χ1) is 13.8. The van der Waals surface area contributed by atoms with Crippen LogP contribution in [0.15, 0.2) is 51.6 Å². The monoisotopic (exact) mass is 469 g/mol. The summed E-state index contributed by atoms with van der Waals surface area (Å²) in [6.45, 7) is 2.44. The lowest BCUT2D eigenvalue weighted by molar-refractivity contribution is 0.303. The van der Waals surface area contributed by atoms with Crippen molar-refractivity contribution in [2.24, 2.45) is 0 Å². The molecule has 3 aromatic rings. The second-order valence-corrected chi connectivity index (χ2v) is 10.3. The molecule has 1 atom stereocenters. The summed E-state index contributed by atoms with van der Waals surface area (Å²) < 4.78 is 29.3. The summed E-state index contributed by atoms with van der Waals surface area (Å²) in [6, 6.07) is 7.88. The minimum atomic E-state index is -3.68. The molecule has 4 rings (SSSR count). The van der Waals surface area contributed by atoms with E-state index < -0.39 is 15.6 Å². The van der Waals surface area contributed by atoms with Crippen LogP contribution in [0.1, 0.15) is 29.8 Å². The van der Waals surface area contributed by atoms with Crippen LogP contribution in [0.5, 0.6) is 0 Å². The van der Waals surface area contributed by atoms with Crippen LogP contribution in [0.25, 0.3) is 5.69 Å². The van der Waals surface area contributed by atoms with E-state index in [2.05, 4.69) is 5.10 Å². The molecule has 2 aromatic heterocycles. The van der Waals surface area contributed by atoms with E-state index in [0.717, 1.165) is 10.2 Å². The Kier molecular flexibility index (Phi) is 5.56. The Bertz CT molecular complexity index is 1220. The maximum Gasteiger partial charge on any atom is 0.291 e. The highest BCUT2D eigenvalue weighted by atomic mass is 35.5. The zero-order valence-electron chi connectivity index (χ0n) is 15.4. The summed E-state index contributed by atoms with van der Waals surface area (Å²) in [5.74, 6) is 0. The third-order valence-electron chi connectivity index (χ3n) is 5.00. The van der Waals surface area contributed by atoms with Crippen molar-refractivity contribution < 1.29 is 8.42 Å². The molecule has 0 amide bonds. The first kappa shape index (κ1) is 20.6. The van der Waals surface area contributed by atoms with E-state index in [-0.39, 0.29) is 21.0 Å². The van der Waals surface area contributed by atoms with Crippen LogP contribution in [0, 0.1) is 0 Å². The van der Waals surface area contributed by atoms with E-state index in [0.29, 0.717) is 25.1 Å². The molecular weight excluding hydrogens is 453 g/mol. The third-order valence-corrected chi connectivity index (χ3v) is 8.66. The van der Waals surface area contributed by atoms with Crippen molar-refractivity contribution in [1.82, 2.24) is 14.1 Å². The fraction of sp³-hybridized carbons (Fsp3) is 0.263. The van der Waals surface area contributed by atoms with Gasteiger partial charge in [-0.3, -0.25) is 4.79 Å². The summed E-state index contributed by atoms with van der Waals surface area (Å²) >= 11 is 13.4. The molecule has 1 aliphatic rings. The van der Waals surface area contributed by atoms with E-state index in [1.807, 2.05) is 18.4 Å². The molecule has 29 heavy (non-hydrogen) atoms. The number of hydrogen-bond acceptors (Lipinski definition) is 5. The average molecular weight is 470 g/mol. The summed E-state index contributed by atoms with van der Waals surface area (Å²) in [7, 11) is -3.68. The van der Waals surface area contributed by atoms with E-state index in [9.17, 15) is 13.2 Å². The van der Waals surface area contributed by atoms with Gasteiger partial charge in [0.25, 0.3) is 5.56 Å². The van der Waals surface area contributed by atoms with Crippen molar-refractivity contribution in [3.05, 3.63) is 72.7 Å². The molecule has 3 heterocycles. The Labute approximate surface area is 182 Å². The zero-order valence-corrected chi connectivity index (χ0v) is 18.5. The molecule has 1 aliphatic heterocycles. The van der Waals surface area contributed by atoms with E-state index in [4.69, 9.17) is 23.2 Å². The van der Waals surface area contributed by atoms with E-state index >= 15 is 0 Å². The van der Waals surface area contributed by atoms with Gasteiger partial charge in [0.05, 0.1) is 27.8 Å². The maximum absolute atomic E-state index is 13.3. The van der Waals surface area contributed by atoms with Crippen molar-refractivity contribution in [1.29, 1.82) is 0 Å². The second-order valence-electron chi connectivity index (χ2n) is 6.61. The van der Waals surface area contributed by atoms with Crippen LogP contribution >= 0.6 is 34.5 Å². The minimum Gasteiger partial charge on any atom is -0.266 e. The van der Waals surface area contributed by atoms with Gasteiger partial charge in [0.15, 0.2) is 0 Å². The van der Waals surface area contributed by atoms with Gasteiger partial charge in [0.2, 0.25) is 10.0 Å². The van der Waals surface area contributed by atoms with Gasteiger partial charge in [-0.1, -0.05) is 30.1 Å². The van der Waals surface area contributed by atoms with Gasteiger partial charge < -0.3 is 0 Å². The van der Waals surface area contributed by atoms with Crippen LogP contribution in [-0.4, -0.2) is 29.0 Å². The lowest BCUT2D eigenvalue weighted by atomic mass is 10.0. The van der Waals surface area contributed by atoms with Crippen molar-refractivity contribution in [2.45, 2.75) is 30.7 Å². The Morgan fingerprint density at radius 2 is 1.93 bits per heavy atom. The number of sulfonamides is 1. The van der Waals surface area contributed by atoms with Crippen LogP contribution in [-0.2, 0) is 16.4 Å². The fourth-order valence-corrected chi connectivity index (χ4v) is 6.44. The van der Waals surface area contributed by atoms with E-state index in [1.54, 1.807) is 15.6 Å². The first-order valence-electron chi connectivity index (χ1n) is 8.96. The van der Waals surface area contributed by atoms with Crippen molar-refractivity contribution in [3.8, 4) is 5.69 Å². The minimum absolute atomic E-state index is 0.0654. The quantitative estimate of drug-likeness (QED) is 0.570. The summed E-state index contributed by atoms with van der Waals surface area (Å²) in [5.41, 5.74) is 0.927. The average Bonchev–Trinajstić information content (AvgIpc) is 3.20. The fourth-order valence-electron chi connectivity index (χ4n) is 3.58. The molecule has 0 radical (unpaired) electrons. The molecule has 152 valence electrons. The molecule has 10 heteroatoms. The molecule has 0 N–H and O–H groups in total. The highest BCUT2D eigenvalue weighted by molar-refractivity contribution is 7.89. The highest BCUT2D eigenvalue weighted by Gasteiger charge is 2.35. The smallest absolute Gasteiger partial charge is 0.266 e. The Morgan fingerprint density at radius 3 is 2.62 bits per heavy atom. The number of aromatic nitrogens is 2.